The van der Waals surface area contributed by atoms with Crippen LogP contribution >= 0.6 is 27.5 Å². The maximum absolute atomic E-state index is 8.57. The molecule has 4 heteroatoms. The van der Waals surface area contributed by atoms with Gasteiger partial charge in [0.1, 0.15) is 6.07 Å². The molecular weight excluding hydrogens is 227 g/mol. The first-order valence-corrected chi connectivity index (χ1v) is 3.97. The van der Waals surface area contributed by atoms with Crippen molar-refractivity contribution in [2.24, 2.45) is 0 Å². The van der Waals surface area contributed by atoms with Gasteiger partial charge in [0, 0.05) is 5.69 Å². The van der Waals surface area contributed by atoms with Crippen molar-refractivity contribution in [3.63, 3.8) is 0 Å². The molecule has 1 aromatic rings. The van der Waals surface area contributed by atoms with Gasteiger partial charge in [-0.2, -0.15) is 5.26 Å². The van der Waals surface area contributed by atoms with Crippen molar-refractivity contribution in [1.29, 1.82) is 5.26 Å². The van der Waals surface area contributed by atoms with Gasteiger partial charge in [0.2, 0.25) is 0 Å². The second-order valence-electron chi connectivity index (χ2n) is 1.98. The molecule has 2 nitrogen and oxygen atoms in total. The highest BCUT2D eigenvalue weighted by Gasteiger charge is 2.04. The van der Waals surface area contributed by atoms with Crippen molar-refractivity contribution in [2.45, 2.75) is 0 Å². The molecule has 0 radical (unpaired) electrons. The molecule has 0 aromatic heterocycles. The normalized spacial score (nSPS) is 9.18. The summed E-state index contributed by atoms with van der Waals surface area (Å²) >= 11 is 8.88. The van der Waals surface area contributed by atoms with Crippen LogP contribution in [0, 0.1) is 11.3 Å². The minimum Gasteiger partial charge on any atom is -0.399 e. The van der Waals surface area contributed by atoms with Crippen LogP contribution in [0.4, 0.5) is 5.69 Å². The first-order chi connectivity index (χ1) is 5.15. The van der Waals surface area contributed by atoms with Crippen LogP contribution < -0.4 is 5.73 Å². The van der Waals surface area contributed by atoms with Crippen LogP contribution in [-0.4, -0.2) is 0 Å². The molecule has 1 aromatic carbocycles. The van der Waals surface area contributed by atoms with E-state index in [4.69, 9.17) is 22.6 Å². The molecule has 0 saturated heterocycles. The SMILES string of the molecule is N#Cc1cc(N)cc(Cl)c1Br. The number of nitriles is 1. The van der Waals surface area contributed by atoms with Gasteiger partial charge >= 0.3 is 0 Å². The topological polar surface area (TPSA) is 49.8 Å². The molecule has 0 fully saturated rings. The number of anilines is 1. The van der Waals surface area contributed by atoms with Crippen molar-refractivity contribution >= 4 is 33.2 Å². The summed E-state index contributed by atoms with van der Waals surface area (Å²) in [5.41, 5.74) is 6.40. The lowest BCUT2D eigenvalue weighted by Crippen LogP contribution is -1.87. The van der Waals surface area contributed by atoms with Crippen LogP contribution in [0.15, 0.2) is 16.6 Å². The van der Waals surface area contributed by atoms with Crippen molar-refractivity contribution in [3.05, 3.63) is 27.2 Å². The summed E-state index contributed by atoms with van der Waals surface area (Å²) < 4.78 is 0.593. The van der Waals surface area contributed by atoms with Crippen LogP contribution in [0.25, 0.3) is 0 Å². The monoisotopic (exact) mass is 230 g/mol. The summed E-state index contributed by atoms with van der Waals surface area (Å²) in [5.74, 6) is 0. The highest BCUT2D eigenvalue weighted by atomic mass is 79.9. The number of benzene rings is 1. The van der Waals surface area contributed by atoms with Gasteiger partial charge in [-0.1, -0.05) is 11.6 Å². The fraction of sp³-hybridized carbons (Fsp3) is 0. The van der Waals surface area contributed by atoms with Gasteiger partial charge in [0.15, 0.2) is 0 Å². The molecular formula is C7H4BrClN2. The second kappa shape index (κ2) is 3.12. The Labute approximate surface area is 77.7 Å². The smallest absolute Gasteiger partial charge is 0.100 e. The quantitative estimate of drug-likeness (QED) is 0.698. The Kier molecular flexibility index (Phi) is 2.38. The van der Waals surface area contributed by atoms with Crippen molar-refractivity contribution in [3.8, 4) is 6.07 Å². The molecule has 56 valence electrons. The Morgan fingerprint density at radius 3 is 2.73 bits per heavy atom. The first kappa shape index (κ1) is 8.38. The summed E-state index contributed by atoms with van der Waals surface area (Å²) in [6.07, 6.45) is 0. The van der Waals surface area contributed by atoms with Crippen molar-refractivity contribution in [2.75, 3.05) is 5.73 Å². The van der Waals surface area contributed by atoms with Crippen LogP contribution in [0.2, 0.25) is 5.02 Å². The standard InChI is InChI=1S/C7H4BrClN2/c8-7-4(3-10)1-5(11)2-6(7)9/h1-2H,11H2. The number of hydrogen-bond acceptors (Lipinski definition) is 2. The van der Waals surface area contributed by atoms with Gasteiger partial charge in [-0.25, -0.2) is 0 Å². The van der Waals surface area contributed by atoms with Crippen molar-refractivity contribution in [1.82, 2.24) is 0 Å². The van der Waals surface area contributed by atoms with Gasteiger partial charge in [-0.3, -0.25) is 0 Å². The van der Waals surface area contributed by atoms with Crippen LogP contribution in [0.3, 0.4) is 0 Å². The van der Waals surface area contributed by atoms with E-state index in [0.29, 0.717) is 20.7 Å². The van der Waals surface area contributed by atoms with E-state index in [0.717, 1.165) is 0 Å². The number of halogens is 2. The predicted molar refractivity (Wildman–Crippen MR) is 48.3 cm³/mol. The van der Waals surface area contributed by atoms with E-state index in [1.54, 1.807) is 12.1 Å². The minimum atomic E-state index is 0.454. The predicted octanol–water partition coefficient (Wildman–Crippen LogP) is 2.56. The zero-order valence-corrected chi connectivity index (χ0v) is 7.78. The van der Waals surface area contributed by atoms with E-state index in [-0.39, 0.29) is 0 Å². The third kappa shape index (κ3) is 1.65. The fourth-order valence-corrected chi connectivity index (χ4v) is 1.24. The van der Waals surface area contributed by atoms with Gasteiger partial charge in [0.25, 0.3) is 0 Å². The highest BCUT2D eigenvalue weighted by molar-refractivity contribution is 9.10. The van der Waals surface area contributed by atoms with Gasteiger partial charge in [-0.05, 0) is 28.1 Å². The van der Waals surface area contributed by atoms with Gasteiger partial charge < -0.3 is 5.73 Å². The zero-order chi connectivity index (χ0) is 8.43. The van der Waals surface area contributed by atoms with E-state index in [2.05, 4.69) is 15.9 Å². The molecule has 1 rings (SSSR count). The van der Waals surface area contributed by atoms with E-state index < -0.39 is 0 Å². The number of nitrogens with two attached hydrogens (primary N) is 1. The lowest BCUT2D eigenvalue weighted by atomic mass is 10.2. The number of rotatable bonds is 0. The summed E-state index contributed by atoms with van der Waals surface area (Å²) in [6.45, 7) is 0. The molecule has 0 aliphatic heterocycles. The van der Waals surface area contributed by atoms with Crippen LogP contribution in [-0.2, 0) is 0 Å². The Morgan fingerprint density at radius 1 is 1.55 bits per heavy atom. The molecule has 0 heterocycles. The third-order valence-corrected chi connectivity index (χ3v) is 2.55. The van der Waals surface area contributed by atoms with E-state index >= 15 is 0 Å². The number of nitrogens with zero attached hydrogens (tertiary/aromatic N) is 1. The summed E-state index contributed by atoms with van der Waals surface area (Å²) in [5, 5.41) is 9.03. The lowest BCUT2D eigenvalue weighted by molar-refractivity contribution is 1.47. The number of hydrogen-bond donors (Lipinski definition) is 1. The minimum absolute atomic E-state index is 0.454. The molecule has 0 bridgehead atoms. The highest BCUT2D eigenvalue weighted by Crippen LogP contribution is 2.28. The Hall–Kier alpha value is -0.720. The van der Waals surface area contributed by atoms with E-state index in [1.807, 2.05) is 6.07 Å². The Balaban J connectivity index is 3.39. The summed E-state index contributed by atoms with van der Waals surface area (Å²) in [6, 6.07) is 5.12. The maximum Gasteiger partial charge on any atom is 0.100 e. The average molecular weight is 231 g/mol. The largest absolute Gasteiger partial charge is 0.399 e. The molecule has 0 atom stereocenters. The van der Waals surface area contributed by atoms with Gasteiger partial charge in [0.05, 0.1) is 15.1 Å². The molecule has 0 amide bonds. The lowest BCUT2D eigenvalue weighted by Gasteiger charge is -1.99. The first-order valence-electron chi connectivity index (χ1n) is 2.79. The molecule has 2 N–H and O–H groups in total. The van der Waals surface area contributed by atoms with E-state index in [1.165, 1.54) is 0 Å². The molecule has 0 unspecified atom stereocenters. The summed E-state index contributed by atoms with van der Waals surface area (Å²) in [4.78, 5) is 0. The number of nitrogen functional groups attached to an aromatic ring is 1. The molecule has 0 spiro atoms. The molecule has 0 aliphatic rings. The molecule has 0 aliphatic carbocycles. The van der Waals surface area contributed by atoms with Gasteiger partial charge in [-0.15, -0.1) is 0 Å². The summed E-state index contributed by atoms with van der Waals surface area (Å²) in [7, 11) is 0. The van der Waals surface area contributed by atoms with Crippen molar-refractivity contribution < 1.29 is 0 Å². The average Bonchev–Trinajstić information content (AvgIpc) is 1.96. The second-order valence-corrected chi connectivity index (χ2v) is 3.18. The van der Waals surface area contributed by atoms with Crippen LogP contribution in [0.5, 0.6) is 0 Å². The fourth-order valence-electron chi connectivity index (χ4n) is 0.691. The van der Waals surface area contributed by atoms with E-state index in [9.17, 15) is 0 Å². The zero-order valence-electron chi connectivity index (χ0n) is 5.44. The Bertz CT molecular complexity index is 330. The molecule has 11 heavy (non-hydrogen) atoms. The van der Waals surface area contributed by atoms with Crippen LogP contribution in [0.1, 0.15) is 5.56 Å². The maximum atomic E-state index is 8.57. The third-order valence-electron chi connectivity index (χ3n) is 1.17. The Morgan fingerprint density at radius 2 is 2.18 bits per heavy atom. The molecule has 0 saturated carbocycles.